The van der Waals surface area contributed by atoms with E-state index in [1.807, 2.05) is 18.2 Å². The van der Waals surface area contributed by atoms with Gasteiger partial charge in [0.25, 0.3) is 0 Å². The molecule has 5 nitrogen and oxygen atoms in total. The Kier molecular flexibility index (Phi) is 4.20. The molecule has 0 aliphatic rings. The van der Waals surface area contributed by atoms with Gasteiger partial charge in [0.2, 0.25) is 0 Å². The van der Waals surface area contributed by atoms with E-state index >= 15 is 0 Å². The molecule has 0 unspecified atom stereocenters. The minimum Gasteiger partial charge on any atom is -0.364 e. The van der Waals surface area contributed by atoms with Crippen molar-refractivity contribution in [1.29, 1.82) is 0 Å². The lowest BCUT2D eigenvalue weighted by molar-refractivity contribution is 0.628. The Bertz CT molecular complexity index is 748. The highest BCUT2D eigenvalue weighted by molar-refractivity contribution is 5.58. The summed E-state index contributed by atoms with van der Waals surface area (Å²) in [5.74, 6) is 0.955. The third-order valence-corrected chi connectivity index (χ3v) is 2.94. The molecule has 22 heavy (non-hydrogen) atoms. The van der Waals surface area contributed by atoms with Crippen LogP contribution < -0.4 is 10.6 Å². The van der Waals surface area contributed by atoms with Crippen LogP contribution in [0.1, 0.15) is 5.69 Å². The highest BCUT2D eigenvalue weighted by atomic mass is 19.1. The van der Waals surface area contributed by atoms with E-state index in [9.17, 15) is 4.39 Å². The summed E-state index contributed by atoms with van der Waals surface area (Å²) in [6, 6.07) is 13.7. The SMILES string of the molecule is Fc1cccc(Nc2cc(NCc3ccccn3)ncn2)c1. The Labute approximate surface area is 127 Å². The van der Waals surface area contributed by atoms with Crippen molar-refractivity contribution in [2.75, 3.05) is 10.6 Å². The molecule has 0 saturated heterocycles. The molecule has 0 atom stereocenters. The van der Waals surface area contributed by atoms with Crippen molar-refractivity contribution < 1.29 is 4.39 Å². The van der Waals surface area contributed by atoms with Gasteiger partial charge < -0.3 is 10.6 Å². The normalized spacial score (nSPS) is 10.2. The van der Waals surface area contributed by atoms with Gasteiger partial charge in [0.05, 0.1) is 12.2 Å². The largest absolute Gasteiger partial charge is 0.364 e. The second-order valence-corrected chi connectivity index (χ2v) is 4.60. The van der Waals surface area contributed by atoms with Gasteiger partial charge in [0.1, 0.15) is 23.8 Å². The molecule has 3 aromatic rings. The van der Waals surface area contributed by atoms with Crippen molar-refractivity contribution in [2.24, 2.45) is 0 Å². The first-order chi connectivity index (χ1) is 10.8. The molecule has 1 aromatic carbocycles. The van der Waals surface area contributed by atoms with Gasteiger partial charge in [-0.1, -0.05) is 12.1 Å². The molecule has 0 amide bonds. The summed E-state index contributed by atoms with van der Waals surface area (Å²) < 4.78 is 13.2. The highest BCUT2D eigenvalue weighted by Gasteiger charge is 2.01. The van der Waals surface area contributed by atoms with Crippen LogP contribution in [0.5, 0.6) is 0 Å². The van der Waals surface area contributed by atoms with E-state index in [-0.39, 0.29) is 5.82 Å². The lowest BCUT2D eigenvalue weighted by Gasteiger charge is -2.08. The van der Waals surface area contributed by atoms with Crippen LogP contribution in [0.15, 0.2) is 61.1 Å². The average Bonchev–Trinajstić information content (AvgIpc) is 2.54. The third-order valence-electron chi connectivity index (χ3n) is 2.94. The van der Waals surface area contributed by atoms with Gasteiger partial charge >= 0.3 is 0 Å². The summed E-state index contributed by atoms with van der Waals surface area (Å²) in [6.07, 6.45) is 3.19. The van der Waals surface area contributed by atoms with Gasteiger partial charge in [0.15, 0.2) is 0 Å². The number of pyridine rings is 1. The molecule has 0 radical (unpaired) electrons. The molecule has 0 aliphatic carbocycles. The van der Waals surface area contributed by atoms with Crippen molar-refractivity contribution in [3.63, 3.8) is 0 Å². The predicted molar refractivity (Wildman–Crippen MR) is 83.3 cm³/mol. The maximum Gasteiger partial charge on any atom is 0.135 e. The van der Waals surface area contributed by atoms with Gasteiger partial charge in [-0.05, 0) is 30.3 Å². The first-order valence-electron chi connectivity index (χ1n) is 6.78. The fraction of sp³-hybridized carbons (Fsp3) is 0.0625. The van der Waals surface area contributed by atoms with Crippen molar-refractivity contribution in [2.45, 2.75) is 6.54 Å². The molecular weight excluding hydrogens is 281 g/mol. The van der Waals surface area contributed by atoms with Gasteiger partial charge in [-0.15, -0.1) is 0 Å². The monoisotopic (exact) mass is 295 g/mol. The fourth-order valence-corrected chi connectivity index (χ4v) is 1.92. The van der Waals surface area contributed by atoms with Crippen molar-refractivity contribution in [3.8, 4) is 0 Å². The van der Waals surface area contributed by atoms with Crippen LogP contribution in [-0.2, 0) is 6.54 Å². The molecule has 2 N–H and O–H groups in total. The summed E-state index contributed by atoms with van der Waals surface area (Å²) >= 11 is 0. The number of nitrogens with one attached hydrogen (secondary N) is 2. The molecular formula is C16H14FN5. The Balaban J connectivity index is 1.67. The molecule has 0 bridgehead atoms. The summed E-state index contributed by atoms with van der Waals surface area (Å²) in [5.41, 5.74) is 1.55. The molecule has 6 heteroatoms. The number of halogens is 1. The number of rotatable bonds is 5. The lowest BCUT2D eigenvalue weighted by Crippen LogP contribution is -2.04. The van der Waals surface area contributed by atoms with Crippen LogP contribution in [0.4, 0.5) is 21.7 Å². The second kappa shape index (κ2) is 6.62. The van der Waals surface area contributed by atoms with Crippen LogP contribution in [0, 0.1) is 5.82 Å². The Morgan fingerprint density at radius 1 is 0.909 bits per heavy atom. The summed E-state index contributed by atoms with van der Waals surface area (Å²) in [6.45, 7) is 0.567. The molecule has 110 valence electrons. The molecule has 0 saturated carbocycles. The minimum atomic E-state index is -0.299. The molecule has 2 heterocycles. The maximum atomic E-state index is 13.2. The molecule has 0 fully saturated rings. The van der Waals surface area contributed by atoms with E-state index in [1.165, 1.54) is 18.5 Å². The van der Waals surface area contributed by atoms with Crippen LogP contribution in [0.25, 0.3) is 0 Å². The fourth-order valence-electron chi connectivity index (χ4n) is 1.92. The number of aromatic nitrogens is 3. The summed E-state index contributed by atoms with van der Waals surface area (Å²) in [7, 11) is 0. The van der Waals surface area contributed by atoms with E-state index in [2.05, 4.69) is 25.6 Å². The van der Waals surface area contributed by atoms with Gasteiger partial charge in [-0.2, -0.15) is 0 Å². The maximum absolute atomic E-state index is 13.2. The predicted octanol–water partition coefficient (Wildman–Crippen LogP) is 3.37. The molecule has 0 spiro atoms. The highest BCUT2D eigenvalue weighted by Crippen LogP contribution is 2.17. The topological polar surface area (TPSA) is 62.7 Å². The number of hydrogen-bond acceptors (Lipinski definition) is 5. The van der Waals surface area contributed by atoms with Crippen LogP contribution in [0.3, 0.4) is 0 Å². The van der Waals surface area contributed by atoms with Gasteiger partial charge in [-0.3, -0.25) is 4.98 Å². The van der Waals surface area contributed by atoms with Crippen LogP contribution >= 0.6 is 0 Å². The molecule has 3 rings (SSSR count). The third kappa shape index (κ3) is 3.76. The Morgan fingerprint density at radius 3 is 2.64 bits per heavy atom. The average molecular weight is 295 g/mol. The Morgan fingerprint density at radius 2 is 1.82 bits per heavy atom. The van der Waals surface area contributed by atoms with Crippen molar-refractivity contribution in [1.82, 2.24) is 15.0 Å². The number of benzene rings is 1. The van der Waals surface area contributed by atoms with E-state index in [0.29, 0.717) is 23.9 Å². The number of anilines is 3. The van der Waals surface area contributed by atoms with E-state index in [1.54, 1.807) is 24.4 Å². The van der Waals surface area contributed by atoms with E-state index in [0.717, 1.165) is 5.69 Å². The van der Waals surface area contributed by atoms with E-state index < -0.39 is 0 Å². The number of hydrogen-bond donors (Lipinski definition) is 2. The van der Waals surface area contributed by atoms with Crippen LogP contribution in [-0.4, -0.2) is 15.0 Å². The summed E-state index contributed by atoms with van der Waals surface area (Å²) in [5, 5.41) is 6.21. The Hall–Kier alpha value is -3.02. The van der Waals surface area contributed by atoms with Crippen molar-refractivity contribution in [3.05, 3.63) is 72.6 Å². The van der Waals surface area contributed by atoms with Crippen molar-refractivity contribution >= 4 is 17.3 Å². The molecule has 0 aliphatic heterocycles. The smallest absolute Gasteiger partial charge is 0.135 e. The van der Waals surface area contributed by atoms with Crippen LogP contribution in [0.2, 0.25) is 0 Å². The quantitative estimate of drug-likeness (QED) is 0.755. The number of nitrogens with zero attached hydrogens (tertiary/aromatic N) is 3. The zero-order chi connectivity index (χ0) is 15.2. The second-order valence-electron chi connectivity index (χ2n) is 4.60. The first kappa shape index (κ1) is 13.9. The first-order valence-corrected chi connectivity index (χ1v) is 6.78. The summed E-state index contributed by atoms with van der Waals surface area (Å²) in [4.78, 5) is 12.5. The van der Waals surface area contributed by atoms with Gasteiger partial charge in [0, 0.05) is 18.0 Å². The molecule has 2 aromatic heterocycles. The standard InChI is InChI=1S/C16H14FN5/c17-12-4-3-6-13(8-12)22-16-9-15(20-11-21-16)19-10-14-5-1-2-7-18-14/h1-9,11H,10H2,(H2,19,20,21,22). The van der Waals surface area contributed by atoms with Gasteiger partial charge in [-0.25, -0.2) is 14.4 Å². The zero-order valence-electron chi connectivity index (χ0n) is 11.7. The minimum absolute atomic E-state index is 0.299. The van der Waals surface area contributed by atoms with E-state index in [4.69, 9.17) is 0 Å². The lowest BCUT2D eigenvalue weighted by atomic mass is 10.3. The zero-order valence-corrected chi connectivity index (χ0v) is 11.7.